The molecule has 2 aromatic rings. The zero-order valence-electron chi connectivity index (χ0n) is 10.6. The summed E-state index contributed by atoms with van der Waals surface area (Å²) in [6, 6.07) is 10.9. The molecule has 0 amide bonds. The Balaban J connectivity index is 2.27. The van der Waals surface area contributed by atoms with Crippen molar-refractivity contribution in [2.75, 3.05) is 0 Å². The van der Waals surface area contributed by atoms with Gasteiger partial charge in [-0.25, -0.2) is 0 Å². The third kappa shape index (κ3) is 3.29. The highest BCUT2D eigenvalue weighted by atomic mass is 79.9. The van der Waals surface area contributed by atoms with Crippen molar-refractivity contribution in [1.29, 1.82) is 0 Å². The first-order valence-electron chi connectivity index (χ1n) is 5.71. The lowest BCUT2D eigenvalue weighted by atomic mass is 10.2. The second-order valence-corrected chi connectivity index (χ2v) is 4.75. The van der Waals surface area contributed by atoms with Gasteiger partial charge < -0.3 is 15.7 Å². The van der Waals surface area contributed by atoms with Gasteiger partial charge in [0.25, 0.3) is 5.69 Å². The van der Waals surface area contributed by atoms with Gasteiger partial charge in [0.05, 0.1) is 4.92 Å². The lowest BCUT2D eigenvalue weighted by Gasteiger charge is -2.08. The summed E-state index contributed by atoms with van der Waals surface area (Å²) in [5.41, 5.74) is 5.90. The van der Waals surface area contributed by atoms with Crippen molar-refractivity contribution >= 4 is 27.5 Å². The molecule has 108 valence electrons. The first-order valence-corrected chi connectivity index (χ1v) is 6.51. The van der Waals surface area contributed by atoms with Gasteiger partial charge in [-0.3, -0.25) is 10.1 Å². The minimum atomic E-state index is -0.502. The van der Waals surface area contributed by atoms with Gasteiger partial charge in [-0.05, 0) is 46.3 Å². The predicted molar refractivity (Wildman–Crippen MR) is 79.8 cm³/mol. The van der Waals surface area contributed by atoms with Gasteiger partial charge in [0.15, 0.2) is 5.84 Å². The summed E-state index contributed by atoms with van der Waals surface area (Å²) in [6.45, 7) is 0. The summed E-state index contributed by atoms with van der Waals surface area (Å²) in [5.74, 6) is 0.768. The van der Waals surface area contributed by atoms with Gasteiger partial charge in [-0.15, -0.1) is 0 Å². The predicted octanol–water partition coefficient (Wildman–Crippen LogP) is 3.24. The molecule has 0 aliphatic heterocycles. The molecule has 2 rings (SSSR count). The van der Waals surface area contributed by atoms with Crippen LogP contribution < -0.4 is 10.5 Å². The third-order valence-corrected chi connectivity index (χ3v) is 3.42. The number of hydrogen-bond acceptors (Lipinski definition) is 5. The SMILES string of the molecule is N/C(=N/O)c1ccc(Oc2cccc([N+](=O)[O-])c2Br)cc1. The minimum absolute atomic E-state index is 0.0157. The summed E-state index contributed by atoms with van der Waals surface area (Å²) < 4.78 is 5.83. The summed E-state index contributed by atoms with van der Waals surface area (Å²) in [6.07, 6.45) is 0. The van der Waals surface area contributed by atoms with E-state index in [1.807, 2.05) is 0 Å². The Bertz CT molecular complexity index is 701. The number of rotatable bonds is 4. The molecule has 0 aromatic heterocycles. The van der Waals surface area contributed by atoms with Crippen LogP contribution in [0, 0.1) is 10.1 Å². The molecule has 0 aliphatic rings. The first-order chi connectivity index (χ1) is 10.0. The van der Waals surface area contributed by atoms with Gasteiger partial charge in [-0.2, -0.15) is 0 Å². The quantitative estimate of drug-likeness (QED) is 0.288. The summed E-state index contributed by atoms with van der Waals surface area (Å²) in [5, 5.41) is 22.3. The highest BCUT2D eigenvalue weighted by Gasteiger charge is 2.16. The van der Waals surface area contributed by atoms with E-state index in [0.717, 1.165) is 0 Å². The molecule has 3 N–H and O–H groups in total. The van der Waals surface area contributed by atoms with E-state index >= 15 is 0 Å². The highest BCUT2D eigenvalue weighted by Crippen LogP contribution is 2.36. The number of halogens is 1. The number of amidine groups is 1. The molecular formula is C13H10BrN3O4. The Hall–Kier alpha value is -2.61. The van der Waals surface area contributed by atoms with E-state index in [1.54, 1.807) is 30.3 Å². The van der Waals surface area contributed by atoms with Gasteiger partial charge in [0.1, 0.15) is 16.0 Å². The molecule has 0 fully saturated rings. The van der Waals surface area contributed by atoms with Crippen molar-refractivity contribution in [3.05, 3.63) is 62.6 Å². The largest absolute Gasteiger partial charge is 0.456 e. The molecule has 0 unspecified atom stereocenters. The van der Waals surface area contributed by atoms with Crippen molar-refractivity contribution in [2.45, 2.75) is 0 Å². The molecule has 0 bridgehead atoms. The Kier molecular flexibility index (Phi) is 4.39. The second kappa shape index (κ2) is 6.23. The van der Waals surface area contributed by atoms with Crippen molar-refractivity contribution in [1.82, 2.24) is 0 Å². The van der Waals surface area contributed by atoms with Crippen LogP contribution in [0.5, 0.6) is 11.5 Å². The van der Waals surface area contributed by atoms with Crippen LogP contribution in [0.2, 0.25) is 0 Å². The average Bonchev–Trinajstić information content (AvgIpc) is 2.49. The highest BCUT2D eigenvalue weighted by molar-refractivity contribution is 9.10. The van der Waals surface area contributed by atoms with E-state index in [2.05, 4.69) is 21.1 Å². The Labute approximate surface area is 127 Å². The average molecular weight is 352 g/mol. The normalized spacial score (nSPS) is 11.2. The summed E-state index contributed by atoms with van der Waals surface area (Å²) >= 11 is 3.15. The van der Waals surface area contributed by atoms with Gasteiger partial charge in [-0.1, -0.05) is 11.2 Å². The van der Waals surface area contributed by atoms with E-state index in [4.69, 9.17) is 15.7 Å². The van der Waals surface area contributed by atoms with E-state index in [1.165, 1.54) is 12.1 Å². The fourth-order valence-corrected chi connectivity index (χ4v) is 2.09. The fraction of sp³-hybridized carbons (Fsp3) is 0. The summed E-state index contributed by atoms with van der Waals surface area (Å²) in [7, 11) is 0. The molecule has 0 atom stereocenters. The van der Waals surface area contributed by atoms with Crippen molar-refractivity contribution < 1.29 is 14.9 Å². The topological polar surface area (TPSA) is 111 Å². The van der Waals surface area contributed by atoms with Crippen LogP contribution in [0.3, 0.4) is 0 Å². The smallest absolute Gasteiger partial charge is 0.287 e. The van der Waals surface area contributed by atoms with Gasteiger partial charge in [0.2, 0.25) is 0 Å². The number of nitrogens with two attached hydrogens (primary N) is 1. The summed E-state index contributed by atoms with van der Waals surface area (Å²) in [4.78, 5) is 10.3. The number of nitro benzene ring substituents is 1. The number of ether oxygens (including phenoxy) is 1. The maximum Gasteiger partial charge on any atom is 0.287 e. The zero-order chi connectivity index (χ0) is 15.4. The van der Waals surface area contributed by atoms with Crippen LogP contribution in [-0.2, 0) is 0 Å². The molecule has 0 spiro atoms. The molecule has 7 nitrogen and oxygen atoms in total. The first kappa shape index (κ1) is 14.8. The molecule has 21 heavy (non-hydrogen) atoms. The molecule has 0 saturated carbocycles. The molecule has 0 radical (unpaired) electrons. The second-order valence-electron chi connectivity index (χ2n) is 3.96. The van der Waals surface area contributed by atoms with Gasteiger partial charge >= 0.3 is 0 Å². The van der Waals surface area contributed by atoms with Crippen molar-refractivity contribution in [3.63, 3.8) is 0 Å². The number of benzene rings is 2. The Morgan fingerprint density at radius 1 is 1.29 bits per heavy atom. The van der Waals surface area contributed by atoms with Crippen LogP contribution in [0.4, 0.5) is 5.69 Å². The monoisotopic (exact) mass is 351 g/mol. The molecule has 2 aromatic carbocycles. The van der Waals surface area contributed by atoms with E-state index < -0.39 is 4.92 Å². The maximum absolute atomic E-state index is 10.8. The molecule has 0 heterocycles. The van der Waals surface area contributed by atoms with Crippen LogP contribution in [0.1, 0.15) is 5.56 Å². The van der Waals surface area contributed by atoms with E-state index in [-0.39, 0.29) is 16.0 Å². The molecule has 0 saturated heterocycles. The maximum atomic E-state index is 10.8. The van der Waals surface area contributed by atoms with Gasteiger partial charge in [0, 0.05) is 11.6 Å². The zero-order valence-corrected chi connectivity index (χ0v) is 12.1. The lowest BCUT2D eigenvalue weighted by molar-refractivity contribution is -0.385. The van der Waals surface area contributed by atoms with Crippen molar-refractivity contribution in [3.8, 4) is 11.5 Å². The molecule has 8 heteroatoms. The minimum Gasteiger partial charge on any atom is -0.456 e. The number of oxime groups is 1. The van der Waals surface area contributed by atoms with E-state index in [0.29, 0.717) is 17.1 Å². The van der Waals surface area contributed by atoms with Crippen LogP contribution >= 0.6 is 15.9 Å². The molecule has 0 aliphatic carbocycles. The number of hydrogen-bond donors (Lipinski definition) is 2. The Morgan fingerprint density at radius 2 is 1.95 bits per heavy atom. The van der Waals surface area contributed by atoms with Crippen LogP contribution in [0.25, 0.3) is 0 Å². The number of nitro groups is 1. The Morgan fingerprint density at radius 3 is 2.52 bits per heavy atom. The number of nitrogens with zero attached hydrogens (tertiary/aromatic N) is 2. The van der Waals surface area contributed by atoms with E-state index in [9.17, 15) is 10.1 Å². The van der Waals surface area contributed by atoms with Crippen LogP contribution in [0.15, 0.2) is 52.1 Å². The van der Waals surface area contributed by atoms with Crippen molar-refractivity contribution in [2.24, 2.45) is 10.9 Å². The third-order valence-electron chi connectivity index (χ3n) is 2.63. The molecular weight excluding hydrogens is 342 g/mol. The standard InChI is InChI=1S/C13H10BrN3O4/c14-12-10(17(19)20)2-1-3-11(12)21-9-6-4-8(5-7-9)13(15)16-18/h1-7,18H,(H2,15,16). The van der Waals surface area contributed by atoms with Crippen LogP contribution in [-0.4, -0.2) is 16.0 Å². The fourth-order valence-electron chi connectivity index (χ4n) is 1.60. The lowest BCUT2D eigenvalue weighted by Crippen LogP contribution is -2.12.